The van der Waals surface area contributed by atoms with Crippen molar-refractivity contribution in [1.29, 1.82) is 0 Å². The molecule has 1 amide bonds. The monoisotopic (exact) mass is 519 g/mol. The van der Waals surface area contributed by atoms with Crippen molar-refractivity contribution in [1.82, 2.24) is 20.2 Å². The lowest BCUT2D eigenvalue weighted by atomic mass is 9.90. The van der Waals surface area contributed by atoms with Crippen molar-refractivity contribution in [3.8, 4) is 5.88 Å². The smallest absolute Gasteiger partial charge is 0.433 e. The molecule has 3 aliphatic heterocycles. The number of aromatic nitrogens is 2. The Morgan fingerprint density at radius 3 is 2.78 bits per heavy atom. The predicted octanol–water partition coefficient (Wildman–Crippen LogP) is 3.56. The maximum Gasteiger partial charge on any atom is 0.433 e. The minimum Gasteiger partial charge on any atom is -0.472 e. The number of carbonyl (C=O) groups is 1. The van der Waals surface area contributed by atoms with Crippen LogP contribution in [0, 0.1) is 5.92 Å². The van der Waals surface area contributed by atoms with E-state index in [1.165, 1.54) is 6.07 Å². The first-order valence-corrected chi connectivity index (χ1v) is 12.7. The number of fused-ring (bicyclic) bond motifs is 3. The Hall–Kier alpha value is -2.92. The van der Waals surface area contributed by atoms with Crippen LogP contribution in [0.25, 0.3) is 0 Å². The van der Waals surface area contributed by atoms with Gasteiger partial charge in [-0.25, -0.2) is 9.97 Å². The number of hydrogen-bond acceptors (Lipinski definition) is 7. The summed E-state index contributed by atoms with van der Waals surface area (Å²) in [7, 11) is 0. The number of pyridine rings is 2. The summed E-state index contributed by atoms with van der Waals surface area (Å²) in [6.07, 6.45) is -3.51. The summed E-state index contributed by atoms with van der Waals surface area (Å²) in [5, 5.41) is 3.29. The van der Waals surface area contributed by atoms with Gasteiger partial charge in [-0.05, 0) is 49.3 Å². The maximum absolute atomic E-state index is 13.6. The number of piperidine rings is 1. The molecule has 4 atom stereocenters. The molecule has 0 spiro atoms. The molecule has 0 bridgehead atoms. The van der Waals surface area contributed by atoms with Crippen molar-refractivity contribution in [2.24, 2.45) is 5.92 Å². The molecular weight excluding hydrogens is 487 g/mol. The number of hydrogen-bond donors (Lipinski definition) is 2. The average Bonchev–Trinajstić information content (AvgIpc) is 3.26. The highest BCUT2D eigenvalue weighted by atomic mass is 19.4. The quantitative estimate of drug-likeness (QED) is 0.637. The number of likely N-dealkylation sites (tertiary alicyclic amines) is 1. The van der Waals surface area contributed by atoms with E-state index in [1.807, 2.05) is 20.8 Å². The van der Waals surface area contributed by atoms with E-state index in [4.69, 9.17) is 15.2 Å². The minimum absolute atomic E-state index is 0.0125. The van der Waals surface area contributed by atoms with Crippen molar-refractivity contribution in [2.45, 2.75) is 77.6 Å². The molecule has 3 aliphatic rings. The third-order valence-corrected chi connectivity index (χ3v) is 7.75. The lowest BCUT2D eigenvalue weighted by molar-refractivity contribution is -0.141. The summed E-state index contributed by atoms with van der Waals surface area (Å²) in [6, 6.07) is 1.95. The number of aryl methyl sites for hydroxylation is 1. The van der Waals surface area contributed by atoms with Gasteiger partial charge >= 0.3 is 6.18 Å². The van der Waals surface area contributed by atoms with Gasteiger partial charge in [-0.2, -0.15) is 13.2 Å². The molecule has 1 fully saturated rings. The number of rotatable bonds is 4. The Kier molecular flexibility index (Phi) is 6.78. The topological polar surface area (TPSA) is 103 Å². The van der Waals surface area contributed by atoms with Crippen LogP contribution in [-0.2, 0) is 41.7 Å². The molecule has 0 aromatic carbocycles. The first-order valence-electron chi connectivity index (χ1n) is 12.7. The molecule has 3 N–H and O–H groups in total. The zero-order valence-corrected chi connectivity index (χ0v) is 21.2. The molecular formula is C26H32F3N5O3. The maximum atomic E-state index is 13.6. The molecule has 5 rings (SSSR count). The minimum atomic E-state index is -4.56. The van der Waals surface area contributed by atoms with Gasteiger partial charge in [0, 0.05) is 24.2 Å². The summed E-state index contributed by atoms with van der Waals surface area (Å²) >= 11 is 0. The summed E-state index contributed by atoms with van der Waals surface area (Å²) in [5.41, 5.74) is 9.59. The lowest BCUT2D eigenvalue weighted by Gasteiger charge is -2.39. The van der Waals surface area contributed by atoms with Crippen LogP contribution < -0.4 is 15.8 Å². The second kappa shape index (κ2) is 9.75. The summed E-state index contributed by atoms with van der Waals surface area (Å²) in [5.74, 6) is 0.460. The Morgan fingerprint density at radius 1 is 1.27 bits per heavy atom. The van der Waals surface area contributed by atoms with E-state index in [1.54, 1.807) is 4.90 Å². The Bertz CT molecular complexity index is 1200. The van der Waals surface area contributed by atoms with E-state index < -0.39 is 24.0 Å². The Labute approximate surface area is 213 Å². The van der Waals surface area contributed by atoms with Gasteiger partial charge in [0.05, 0.1) is 31.0 Å². The second-order valence-corrected chi connectivity index (χ2v) is 10.1. The third-order valence-electron chi connectivity index (χ3n) is 7.75. The summed E-state index contributed by atoms with van der Waals surface area (Å²) in [4.78, 5) is 23.7. The molecule has 0 saturated carbocycles. The molecule has 37 heavy (non-hydrogen) atoms. The molecule has 0 aliphatic carbocycles. The highest BCUT2D eigenvalue weighted by Crippen LogP contribution is 2.38. The van der Waals surface area contributed by atoms with Gasteiger partial charge in [-0.3, -0.25) is 10.1 Å². The van der Waals surface area contributed by atoms with Crippen molar-refractivity contribution in [3.05, 3.63) is 45.8 Å². The standard InChI is InChI=1S/C26H32F3N5O3/c1-4-15-5-6-21(26(27,28)29)33-24(15)37-20-11-34(8-7-13(20)2)25(35)18-9-16-17-12-36-14(3)22(17)23(30)32-19(16)10-31-18/h5-6,13-14,18,20,31H,4,7-12H2,1-3H3,(H2,30,32)/t13-,14+,18+,20+/m0/s1. The number of nitrogens with two attached hydrogens (primary N) is 1. The van der Waals surface area contributed by atoms with Gasteiger partial charge in [0.15, 0.2) is 0 Å². The fourth-order valence-corrected chi connectivity index (χ4v) is 5.48. The van der Waals surface area contributed by atoms with Gasteiger partial charge in [0.2, 0.25) is 11.8 Å². The molecule has 2 aromatic heterocycles. The lowest BCUT2D eigenvalue weighted by Crippen LogP contribution is -2.55. The molecule has 11 heteroatoms. The molecule has 2 aromatic rings. The Morgan fingerprint density at radius 2 is 2.05 bits per heavy atom. The third kappa shape index (κ3) is 4.86. The van der Waals surface area contributed by atoms with Gasteiger partial charge in [-0.1, -0.05) is 19.9 Å². The Balaban J connectivity index is 1.32. The molecule has 200 valence electrons. The zero-order valence-electron chi connectivity index (χ0n) is 21.2. The van der Waals surface area contributed by atoms with E-state index >= 15 is 0 Å². The van der Waals surface area contributed by atoms with Crippen molar-refractivity contribution in [3.63, 3.8) is 0 Å². The van der Waals surface area contributed by atoms with Crippen LogP contribution in [0.3, 0.4) is 0 Å². The van der Waals surface area contributed by atoms with Crippen LogP contribution in [0.4, 0.5) is 19.0 Å². The largest absolute Gasteiger partial charge is 0.472 e. The van der Waals surface area contributed by atoms with Crippen molar-refractivity contribution < 1.29 is 27.4 Å². The normalized spacial score (nSPS) is 25.5. The van der Waals surface area contributed by atoms with Crippen LogP contribution in [-0.4, -0.2) is 46.0 Å². The number of anilines is 1. The average molecular weight is 520 g/mol. The highest BCUT2D eigenvalue weighted by Gasteiger charge is 2.38. The zero-order chi connectivity index (χ0) is 26.5. The number of amides is 1. The fraction of sp³-hybridized carbons (Fsp3) is 0.577. The summed E-state index contributed by atoms with van der Waals surface area (Å²) < 4.78 is 51.7. The molecule has 0 unspecified atom stereocenters. The van der Waals surface area contributed by atoms with Crippen LogP contribution in [0.5, 0.6) is 5.88 Å². The van der Waals surface area contributed by atoms with Crippen LogP contribution in [0.15, 0.2) is 12.1 Å². The molecule has 0 radical (unpaired) electrons. The van der Waals surface area contributed by atoms with Crippen LogP contribution in [0.2, 0.25) is 0 Å². The predicted molar refractivity (Wildman–Crippen MR) is 130 cm³/mol. The number of nitrogens with one attached hydrogen (secondary N) is 1. The number of nitrogen functional groups attached to an aromatic ring is 1. The SMILES string of the molecule is CCc1ccc(C(F)(F)F)nc1O[C@@H]1CN(C(=O)[C@H]2Cc3c(nc(N)c4c3CO[C@@H]4C)CN2)CC[C@@H]1C. The van der Waals surface area contributed by atoms with E-state index in [9.17, 15) is 18.0 Å². The van der Waals surface area contributed by atoms with E-state index in [0.29, 0.717) is 50.3 Å². The van der Waals surface area contributed by atoms with Gasteiger partial charge in [0.1, 0.15) is 17.6 Å². The number of ether oxygens (including phenoxy) is 2. The first kappa shape index (κ1) is 25.7. The van der Waals surface area contributed by atoms with Gasteiger partial charge in [0.25, 0.3) is 0 Å². The number of nitrogens with zero attached hydrogens (tertiary/aromatic N) is 3. The highest BCUT2D eigenvalue weighted by molar-refractivity contribution is 5.83. The van der Waals surface area contributed by atoms with Crippen LogP contribution in [0.1, 0.15) is 66.9 Å². The first-order chi connectivity index (χ1) is 17.6. The summed E-state index contributed by atoms with van der Waals surface area (Å²) in [6.45, 7) is 7.49. The molecule has 5 heterocycles. The number of alkyl halides is 3. The van der Waals surface area contributed by atoms with Crippen molar-refractivity contribution >= 4 is 11.7 Å². The van der Waals surface area contributed by atoms with E-state index in [2.05, 4.69) is 15.3 Å². The van der Waals surface area contributed by atoms with E-state index in [0.717, 1.165) is 28.5 Å². The van der Waals surface area contributed by atoms with E-state index in [-0.39, 0.29) is 30.4 Å². The van der Waals surface area contributed by atoms with Crippen molar-refractivity contribution in [2.75, 3.05) is 18.8 Å². The second-order valence-electron chi connectivity index (χ2n) is 10.1. The fourth-order valence-electron chi connectivity index (χ4n) is 5.48. The number of carbonyl (C=O) groups excluding carboxylic acids is 1. The van der Waals surface area contributed by atoms with Gasteiger partial charge in [-0.15, -0.1) is 0 Å². The van der Waals surface area contributed by atoms with Gasteiger partial charge < -0.3 is 20.1 Å². The molecule has 1 saturated heterocycles. The number of halogens is 3. The molecule has 8 nitrogen and oxygen atoms in total. The van der Waals surface area contributed by atoms with Crippen LogP contribution >= 0.6 is 0 Å².